The lowest BCUT2D eigenvalue weighted by molar-refractivity contribution is 0.669. The normalized spacial score (nSPS) is 12.9. The lowest BCUT2D eigenvalue weighted by Crippen LogP contribution is -1.91. The molecule has 0 aliphatic heterocycles. The second-order valence-corrected chi connectivity index (χ2v) is 12.8. The molecule has 0 aliphatic rings. The zero-order valence-corrected chi connectivity index (χ0v) is 27.5. The van der Waals surface area contributed by atoms with Crippen molar-refractivity contribution in [2.24, 2.45) is 0 Å². The molecule has 0 unspecified atom stereocenters. The van der Waals surface area contributed by atoms with E-state index in [1.54, 1.807) is 0 Å². The van der Waals surface area contributed by atoms with Gasteiger partial charge in [0.2, 0.25) is 0 Å². The largest absolute Gasteiger partial charge is 0.456 e. The van der Waals surface area contributed by atoms with E-state index in [0.29, 0.717) is 5.56 Å². The third kappa shape index (κ3) is 4.86. The number of benzene rings is 9. The molecule has 238 valence electrons. The van der Waals surface area contributed by atoms with E-state index in [1.165, 1.54) is 0 Å². The van der Waals surface area contributed by atoms with Crippen LogP contribution in [0.2, 0.25) is 0 Å². The first kappa shape index (κ1) is 24.4. The summed E-state index contributed by atoms with van der Waals surface area (Å²) >= 11 is 0. The van der Waals surface area contributed by atoms with Crippen LogP contribution in [0.25, 0.3) is 99.1 Å². The predicted octanol–water partition coefficient (Wildman–Crippen LogP) is 14.2. The van der Waals surface area contributed by atoms with Crippen LogP contribution in [0.15, 0.2) is 198 Å². The average molecular weight is 654 g/mol. The third-order valence-corrected chi connectivity index (χ3v) is 9.97. The molecular formula is C50H32O. The Kier molecular flexibility index (Phi) is 5.76. The van der Waals surface area contributed by atoms with Gasteiger partial charge >= 0.3 is 0 Å². The number of hydrogen-bond acceptors (Lipinski definition) is 1. The zero-order chi connectivity index (χ0) is 38.1. The van der Waals surface area contributed by atoms with Crippen molar-refractivity contribution in [3.63, 3.8) is 0 Å². The summed E-state index contributed by atoms with van der Waals surface area (Å²) in [4.78, 5) is 0. The molecule has 0 bridgehead atoms. The highest BCUT2D eigenvalue weighted by Crippen LogP contribution is 2.46. The predicted molar refractivity (Wildman–Crippen MR) is 216 cm³/mol. The van der Waals surface area contributed by atoms with Gasteiger partial charge in [-0.05, 0) is 89.8 Å². The molecule has 1 heterocycles. The Morgan fingerprint density at radius 2 is 0.863 bits per heavy atom. The van der Waals surface area contributed by atoms with Gasteiger partial charge in [-0.3, -0.25) is 0 Å². The van der Waals surface area contributed by atoms with Crippen molar-refractivity contribution in [2.45, 2.75) is 0 Å². The minimum atomic E-state index is -0.403. The second-order valence-electron chi connectivity index (χ2n) is 12.8. The summed E-state index contributed by atoms with van der Waals surface area (Å²) in [6, 6.07) is 54.7. The molecule has 1 heteroatoms. The van der Waals surface area contributed by atoms with E-state index in [9.17, 15) is 0 Å². The molecule has 1 nitrogen and oxygen atoms in total. The van der Waals surface area contributed by atoms with Gasteiger partial charge in [-0.2, -0.15) is 0 Å². The molecule has 0 radical (unpaired) electrons. The van der Waals surface area contributed by atoms with E-state index in [0.717, 1.165) is 88.0 Å². The summed E-state index contributed by atoms with van der Waals surface area (Å²) in [5.74, 6) is 0. The van der Waals surface area contributed by atoms with Crippen molar-refractivity contribution in [3.8, 4) is 55.6 Å². The molecule has 0 N–H and O–H groups in total. The Bertz CT molecular complexity index is 3100. The molecule has 10 rings (SSSR count). The highest BCUT2D eigenvalue weighted by molar-refractivity contribution is 6.21. The van der Waals surface area contributed by atoms with Gasteiger partial charge in [-0.15, -0.1) is 0 Å². The topological polar surface area (TPSA) is 13.1 Å². The lowest BCUT2D eigenvalue weighted by atomic mass is 9.85. The first-order valence-electron chi connectivity index (χ1n) is 19.6. The molecule has 0 saturated heterocycles. The van der Waals surface area contributed by atoms with Crippen LogP contribution in [0.1, 0.15) is 6.85 Å². The smallest absolute Gasteiger partial charge is 0.136 e. The van der Waals surface area contributed by atoms with Crippen LogP contribution in [-0.4, -0.2) is 0 Å². The minimum Gasteiger partial charge on any atom is -0.456 e. The summed E-state index contributed by atoms with van der Waals surface area (Å²) in [5.41, 5.74) is 11.2. The number of para-hydroxylation sites is 1. The van der Waals surface area contributed by atoms with Crippen LogP contribution < -0.4 is 0 Å². The van der Waals surface area contributed by atoms with Gasteiger partial charge in [-0.1, -0.05) is 176 Å². The van der Waals surface area contributed by atoms with Crippen LogP contribution >= 0.6 is 0 Å². The zero-order valence-electron chi connectivity index (χ0n) is 32.5. The molecule has 0 fully saturated rings. The fourth-order valence-electron chi connectivity index (χ4n) is 7.74. The molecule has 0 saturated carbocycles. The SMILES string of the molecule is [2H]c1c([2H])c([2H])c(-c2c3ccccc3c(-c3ccc(-c4c(-c5cccc(-c6ccccc6)c5)ccc5oc6ccccc6c45)cc3)c3ccccc23)c([2H])c1[2H]. The van der Waals surface area contributed by atoms with Crippen molar-refractivity contribution in [1.29, 1.82) is 0 Å². The molecule has 9 aromatic carbocycles. The minimum absolute atomic E-state index is 0.203. The molecule has 0 spiro atoms. The third-order valence-electron chi connectivity index (χ3n) is 9.97. The molecule has 10 aromatic rings. The first-order valence-corrected chi connectivity index (χ1v) is 17.1. The van der Waals surface area contributed by atoms with E-state index in [-0.39, 0.29) is 29.7 Å². The van der Waals surface area contributed by atoms with Gasteiger partial charge in [0.1, 0.15) is 11.2 Å². The van der Waals surface area contributed by atoms with Crippen molar-refractivity contribution in [3.05, 3.63) is 194 Å². The summed E-state index contributed by atoms with van der Waals surface area (Å²) in [6.45, 7) is 0. The van der Waals surface area contributed by atoms with E-state index in [1.807, 2.05) is 54.6 Å². The average Bonchev–Trinajstić information content (AvgIpc) is 3.64. The van der Waals surface area contributed by atoms with Gasteiger partial charge in [0.05, 0.1) is 6.85 Å². The van der Waals surface area contributed by atoms with Crippen molar-refractivity contribution < 1.29 is 11.3 Å². The van der Waals surface area contributed by atoms with Crippen LogP contribution in [0.4, 0.5) is 0 Å². The molecule has 0 aliphatic carbocycles. The summed E-state index contributed by atoms with van der Waals surface area (Å²) in [5, 5.41) is 5.62. The van der Waals surface area contributed by atoms with Crippen molar-refractivity contribution >= 4 is 43.5 Å². The summed E-state index contributed by atoms with van der Waals surface area (Å²) in [6.07, 6.45) is 0. The molecular weight excluding hydrogens is 617 g/mol. The van der Waals surface area contributed by atoms with Crippen LogP contribution in [0.5, 0.6) is 0 Å². The van der Waals surface area contributed by atoms with Gasteiger partial charge in [0, 0.05) is 16.3 Å². The van der Waals surface area contributed by atoms with Crippen LogP contribution in [-0.2, 0) is 0 Å². The van der Waals surface area contributed by atoms with E-state index in [2.05, 4.69) is 109 Å². The highest BCUT2D eigenvalue weighted by atomic mass is 16.3. The monoisotopic (exact) mass is 653 g/mol. The number of furan rings is 1. The Morgan fingerprint density at radius 3 is 1.53 bits per heavy atom. The van der Waals surface area contributed by atoms with E-state index < -0.39 is 6.04 Å². The van der Waals surface area contributed by atoms with Gasteiger partial charge < -0.3 is 4.42 Å². The second kappa shape index (κ2) is 12.0. The van der Waals surface area contributed by atoms with Gasteiger partial charge in [-0.25, -0.2) is 0 Å². The summed E-state index contributed by atoms with van der Waals surface area (Å²) in [7, 11) is 0. The Hall–Kier alpha value is -6.70. The van der Waals surface area contributed by atoms with Crippen molar-refractivity contribution in [1.82, 2.24) is 0 Å². The quantitative estimate of drug-likeness (QED) is 0.169. The number of rotatable bonds is 5. The maximum Gasteiger partial charge on any atom is 0.136 e. The first-order chi connectivity index (χ1) is 27.4. The maximum atomic E-state index is 8.90. The molecule has 0 atom stereocenters. The standard InChI is InChI=1S/C50H32O/c1-3-14-33(15-4-1)37-18-13-19-38(32-37)39-30-31-46-50(44-24-11-12-25-45(44)51-46)49(39)36-28-26-35(27-29-36)48-42-22-9-7-20-40(42)47(34-16-5-2-6-17-34)41-21-8-10-23-43(41)48/h1-32H/i2D,5D,6D,16D,17D. The fraction of sp³-hybridized carbons (Fsp3) is 0. The van der Waals surface area contributed by atoms with E-state index >= 15 is 0 Å². The number of hydrogen-bond donors (Lipinski definition) is 0. The highest BCUT2D eigenvalue weighted by Gasteiger charge is 2.20. The number of fused-ring (bicyclic) bond motifs is 5. The van der Waals surface area contributed by atoms with Crippen molar-refractivity contribution in [2.75, 3.05) is 0 Å². The van der Waals surface area contributed by atoms with Gasteiger partial charge in [0.25, 0.3) is 0 Å². The Balaban J connectivity index is 1.20. The molecule has 1 aromatic heterocycles. The lowest BCUT2D eigenvalue weighted by Gasteiger charge is -2.18. The van der Waals surface area contributed by atoms with E-state index in [4.69, 9.17) is 11.3 Å². The maximum absolute atomic E-state index is 8.90. The molecule has 51 heavy (non-hydrogen) atoms. The Morgan fingerprint density at radius 1 is 0.333 bits per heavy atom. The fourth-order valence-corrected chi connectivity index (χ4v) is 7.74. The summed E-state index contributed by atoms with van der Waals surface area (Å²) < 4.78 is 49.4. The van der Waals surface area contributed by atoms with Crippen LogP contribution in [0.3, 0.4) is 0 Å². The Labute approximate surface area is 303 Å². The van der Waals surface area contributed by atoms with Crippen LogP contribution in [0, 0.1) is 0 Å². The molecule has 0 amide bonds. The van der Waals surface area contributed by atoms with Gasteiger partial charge in [0.15, 0.2) is 0 Å².